The average molecular weight is 366 g/mol. The lowest BCUT2D eigenvalue weighted by Gasteiger charge is -2.03. The van der Waals surface area contributed by atoms with Crippen molar-refractivity contribution >= 4 is 29.3 Å². The maximum atomic E-state index is 12.2. The van der Waals surface area contributed by atoms with Crippen molar-refractivity contribution in [1.29, 1.82) is 0 Å². The van der Waals surface area contributed by atoms with Crippen molar-refractivity contribution in [3.63, 3.8) is 0 Å². The van der Waals surface area contributed by atoms with Crippen LogP contribution < -0.4 is 19.5 Å². The van der Waals surface area contributed by atoms with Gasteiger partial charge in [0.1, 0.15) is 5.75 Å². The summed E-state index contributed by atoms with van der Waals surface area (Å²) in [6, 6.07) is 10.8. The van der Waals surface area contributed by atoms with E-state index in [9.17, 15) is 9.59 Å². The number of nitrogens with zero attached hydrogens (tertiary/aromatic N) is 1. The molecule has 132 valence electrons. The zero-order valence-electron chi connectivity index (χ0n) is 14.3. The number of aromatic nitrogens is 2. The minimum absolute atomic E-state index is 0.172. The molecule has 6 heteroatoms. The molecule has 0 bridgehead atoms. The second-order valence-electron chi connectivity index (χ2n) is 5.59. The van der Waals surface area contributed by atoms with Crippen LogP contribution in [0.3, 0.4) is 0 Å². The number of ether oxygens (including phenoxy) is 1. The van der Waals surface area contributed by atoms with Gasteiger partial charge in [0.25, 0.3) is 5.56 Å². The Morgan fingerprint density at radius 3 is 2.62 bits per heavy atom. The molecule has 0 fully saturated rings. The van der Waals surface area contributed by atoms with Gasteiger partial charge in [0.15, 0.2) is 5.78 Å². The molecule has 0 saturated carbocycles. The number of carbonyl (C=O) groups is 1. The Morgan fingerprint density at radius 1 is 1.19 bits per heavy atom. The first-order valence-electron chi connectivity index (χ1n) is 8.25. The number of H-pyrrole nitrogens is 1. The normalized spacial score (nSPS) is 12.3. The van der Waals surface area contributed by atoms with Gasteiger partial charge in [0, 0.05) is 24.0 Å². The Kier molecular flexibility index (Phi) is 5.76. The molecule has 26 heavy (non-hydrogen) atoms. The fourth-order valence-corrected chi connectivity index (χ4v) is 3.16. The monoisotopic (exact) mass is 366 g/mol. The molecule has 1 aromatic carbocycles. The van der Waals surface area contributed by atoms with Crippen molar-refractivity contribution in [3.8, 4) is 5.75 Å². The number of aromatic amines is 1. The van der Waals surface area contributed by atoms with E-state index in [1.54, 1.807) is 30.6 Å². The van der Waals surface area contributed by atoms with Crippen LogP contribution in [0.25, 0.3) is 12.2 Å². The predicted molar refractivity (Wildman–Crippen MR) is 103 cm³/mol. The molecule has 1 N–H and O–H groups in total. The molecular formula is C20H18N2O3S. The molecule has 3 aromatic rings. The summed E-state index contributed by atoms with van der Waals surface area (Å²) in [5, 5.41) is 0. The van der Waals surface area contributed by atoms with E-state index >= 15 is 0 Å². The molecule has 0 aliphatic carbocycles. The van der Waals surface area contributed by atoms with E-state index in [0.717, 1.165) is 17.7 Å². The summed E-state index contributed by atoms with van der Waals surface area (Å²) in [6.07, 6.45) is 7.30. The molecule has 2 heterocycles. The number of pyridine rings is 1. The first-order chi connectivity index (χ1) is 12.7. The molecule has 0 spiro atoms. The number of benzene rings is 1. The van der Waals surface area contributed by atoms with Crippen LogP contribution in [0, 0.1) is 0 Å². The average Bonchev–Trinajstić information content (AvgIpc) is 3.00. The Hall–Kier alpha value is -2.99. The van der Waals surface area contributed by atoms with Crippen molar-refractivity contribution < 1.29 is 9.53 Å². The van der Waals surface area contributed by atoms with Gasteiger partial charge in [-0.1, -0.05) is 19.1 Å². The van der Waals surface area contributed by atoms with Gasteiger partial charge in [-0.25, -0.2) is 0 Å². The van der Waals surface area contributed by atoms with Crippen molar-refractivity contribution in [2.24, 2.45) is 0 Å². The number of rotatable bonds is 6. The van der Waals surface area contributed by atoms with Gasteiger partial charge >= 0.3 is 0 Å². The lowest BCUT2D eigenvalue weighted by atomic mass is 10.2. The smallest absolute Gasteiger partial charge is 0.266 e. The van der Waals surface area contributed by atoms with Gasteiger partial charge in [-0.2, -0.15) is 0 Å². The zero-order chi connectivity index (χ0) is 18.4. The van der Waals surface area contributed by atoms with E-state index in [-0.39, 0.29) is 11.3 Å². The standard InChI is InChI=1S/C20H18N2O3S/c1-2-11-25-16-5-3-14(4-6-16)12-18-20(24)22-19(26-18)13-17(23)15-7-9-21-10-8-15/h3-10,12-13H,2,11H2,1H3,(H,22,24). The highest BCUT2D eigenvalue weighted by Crippen LogP contribution is 2.12. The van der Waals surface area contributed by atoms with Crippen LogP contribution in [-0.4, -0.2) is 22.4 Å². The van der Waals surface area contributed by atoms with Crippen LogP contribution in [0.2, 0.25) is 0 Å². The summed E-state index contributed by atoms with van der Waals surface area (Å²) < 4.78 is 6.61. The first kappa shape index (κ1) is 17.8. The third-order valence-electron chi connectivity index (χ3n) is 3.56. The first-order valence-corrected chi connectivity index (χ1v) is 9.07. The molecule has 0 atom stereocenters. The largest absolute Gasteiger partial charge is 0.494 e. The topological polar surface area (TPSA) is 72.0 Å². The third kappa shape index (κ3) is 4.55. The van der Waals surface area contributed by atoms with Crippen LogP contribution in [-0.2, 0) is 0 Å². The van der Waals surface area contributed by atoms with Crippen LogP contribution in [0.1, 0.15) is 29.3 Å². The number of hydrogen-bond donors (Lipinski definition) is 1. The van der Waals surface area contributed by atoms with E-state index in [1.165, 1.54) is 17.4 Å². The summed E-state index contributed by atoms with van der Waals surface area (Å²) in [4.78, 5) is 30.9. The second kappa shape index (κ2) is 8.40. The van der Waals surface area contributed by atoms with E-state index in [0.29, 0.717) is 21.4 Å². The van der Waals surface area contributed by atoms with Crippen molar-refractivity contribution in [2.45, 2.75) is 13.3 Å². The van der Waals surface area contributed by atoms with Gasteiger partial charge in [-0.3, -0.25) is 14.6 Å². The van der Waals surface area contributed by atoms with Crippen LogP contribution >= 0.6 is 11.3 Å². The van der Waals surface area contributed by atoms with E-state index in [1.807, 2.05) is 24.3 Å². The van der Waals surface area contributed by atoms with Gasteiger partial charge in [0.2, 0.25) is 0 Å². The number of Topliss-reactive ketones (excluding diaryl/α,β-unsaturated/α-hetero) is 1. The number of carbonyl (C=O) groups excluding carboxylic acids is 1. The maximum Gasteiger partial charge on any atom is 0.266 e. The van der Waals surface area contributed by atoms with Gasteiger partial charge in [-0.15, -0.1) is 11.3 Å². The summed E-state index contributed by atoms with van der Waals surface area (Å²) >= 11 is 1.25. The highest BCUT2D eigenvalue weighted by Gasteiger charge is 2.02. The summed E-state index contributed by atoms with van der Waals surface area (Å²) in [5.74, 6) is 0.634. The minimum atomic E-state index is -0.213. The molecule has 0 amide bonds. The fourth-order valence-electron chi connectivity index (χ4n) is 2.27. The highest BCUT2D eigenvalue weighted by molar-refractivity contribution is 7.07. The predicted octanol–water partition coefficient (Wildman–Crippen LogP) is 2.11. The Labute approximate surface area is 154 Å². The van der Waals surface area contributed by atoms with E-state index in [4.69, 9.17) is 4.74 Å². The quantitative estimate of drug-likeness (QED) is 0.678. The van der Waals surface area contributed by atoms with Crippen LogP contribution in [0.15, 0.2) is 53.6 Å². The van der Waals surface area contributed by atoms with Crippen molar-refractivity contribution in [3.05, 3.63) is 79.5 Å². The fraction of sp³-hybridized carbons (Fsp3) is 0.150. The molecule has 0 aliphatic rings. The molecule has 0 aliphatic heterocycles. The number of nitrogens with one attached hydrogen (secondary N) is 1. The van der Waals surface area contributed by atoms with Gasteiger partial charge in [-0.05, 0) is 42.3 Å². The molecule has 3 rings (SSSR count). The highest BCUT2D eigenvalue weighted by atomic mass is 32.1. The van der Waals surface area contributed by atoms with Crippen LogP contribution in [0.5, 0.6) is 5.75 Å². The van der Waals surface area contributed by atoms with Crippen molar-refractivity contribution in [2.75, 3.05) is 6.61 Å². The number of hydrogen-bond acceptors (Lipinski definition) is 5. The number of thiazole rings is 1. The lowest BCUT2D eigenvalue weighted by molar-refractivity contribution is 0.106. The molecule has 0 saturated heterocycles. The number of ketones is 1. The summed E-state index contributed by atoms with van der Waals surface area (Å²) in [6.45, 7) is 2.73. The molecular weight excluding hydrogens is 348 g/mol. The third-order valence-corrected chi connectivity index (χ3v) is 4.52. The zero-order valence-corrected chi connectivity index (χ0v) is 15.1. The Balaban J connectivity index is 1.86. The second-order valence-corrected chi connectivity index (χ2v) is 6.67. The van der Waals surface area contributed by atoms with E-state index in [2.05, 4.69) is 16.9 Å². The Morgan fingerprint density at radius 2 is 1.92 bits per heavy atom. The summed E-state index contributed by atoms with van der Waals surface area (Å²) in [5.41, 5.74) is 1.21. The molecule has 5 nitrogen and oxygen atoms in total. The van der Waals surface area contributed by atoms with Gasteiger partial charge in [0.05, 0.1) is 15.8 Å². The molecule has 0 radical (unpaired) electrons. The maximum absolute atomic E-state index is 12.2. The Bertz CT molecular complexity index is 1050. The summed E-state index contributed by atoms with van der Waals surface area (Å²) in [7, 11) is 0. The molecule has 2 aromatic heterocycles. The van der Waals surface area contributed by atoms with Gasteiger partial charge < -0.3 is 9.72 Å². The molecule has 0 unspecified atom stereocenters. The van der Waals surface area contributed by atoms with Crippen LogP contribution in [0.4, 0.5) is 0 Å². The van der Waals surface area contributed by atoms with Crippen molar-refractivity contribution in [1.82, 2.24) is 9.97 Å². The SMILES string of the molecule is CCCOc1ccc(C=c2sc(=CC(=O)c3ccncc3)[nH]c2=O)cc1. The van der Waals surface area contributed by atoms with E-state index < -0.39 is 0 Å². The lowest BCUT2D eigenvalue weighted by Crippen LogP contribution is -2.20. The minimum Gasteiger partial charge on any atom is -0.494 e.